The molecule has 1 rings (SSSR count). The van der Waals surface area contributed by atoms with Gasteiger partial charge in [0.15, 0.2) is 5.78 Å². The van der Waals surface area contributed by atoms with Gasteiger partial charge in [0.1, 0.15) is 0 Å². The maximum absolute atomic E-state index is 12.1. The van der Waals surface area contributed by atoms with Crippen LogP contribution in [0.3, 0.4) is 0 Å². The summed E-state index contributed by atoms with van der Waals surface area (Å²) in [7, 11) is 0. The van der Waals surface area contributed by atoms with Crippen molar-refractivity contribution in [3.63, 3.8) is 0 Å². The van der Waals surface area contributed by atoms with E-state index in [-0.39, 0.29) is 24.3 Å². The highest BCUT2D eigenvalue weighted by atomic mass is 32.1. The van der Waals surface area contributed by atoms with E-state index >= 15 is 0 Å². The second-order valence-corrected chi connectivity index (χ2v) is 5.44. The van der Waals surface area contributed by atoms with E-state index in [1.54, 1.807) is 0 Å². The number of hydrogen-bond acceptors (Lipinski definition) is 5. The van der Waals surface area contributed by atoms with Crippen molar-refractivity contribution in [1.29, 1.82) is 0 Å². The summed E-state index contributed by atoms with van der Waals surface area (Å²) in [4.78, 5) is 19.1. The lowest BCUT2D eigenvalue weighted by Gasteiger charge is -2.17. The van der Waals surface area contributed by atoms with Gasteiger partial charge in [-0.2, -0.15) is 0 Å². The molecule has 0 radical (unpaired) electrons. The van der Waals surface area contributed by atoms with Crippen molar-refractivity contribution < 1.29 is 4.79 Å². The van der Waals surface area contributed by atoms with Crippen molar-refractivity contribution in [2.75, 3.05) is 6.54 Å². The monoisotopic (exact) mass is 281 g/mol. The Hall–Kier alpha value is -1.43. The molecule has 1 N–H and O–H groups in total. The zero-order valence-corrected chi connectivity index (χ0v) is 12.3. The number of aromatic nitrogens is 1. The molecule has 1 aromatic heterocycles. The molecule has 0 aliphatic rings. The first kappa shape index (κ1) is 15.6. The van der Waals surface area contributed by atoms with Crippen LogP contribution in [0.15, 0.2) is 10.5 Å². The molecule has 1 atom stereocenters. The summed E-state index contributed by atoms with van der Waals surface area (Å²) in [6.45, 7) is 6.80. The van der Waals surface area contributed by atoms with E-state index in [1.807, 2.05) is 26.2 Å². The highest BCUT2D eigenvalue weighted by Gasteiger charge is 2.21. The molecule has 1 aromatic rings. The van der Waals surface area contributed by atoms with Gasteiger partial charge in [-0.15, -0.1) is 11.3 Å². The van der Waals surface area contributed by atoms with Crippen molar-refractivity contribution >= 4 is 17.1 Å². The van der Waals surface area contributed by atoms with Gasteiger partial charge in [-0.05, 0) is 12.1 Å². The molecule has 0 saturated carbocycles. The van der Waals surface area contributed by atoms with Crippen LogP contribution in [0.1, 0.15) is 31.5 Å². The molecular weight excluding hydrogens is 262 g/mol. The number of hydrogen-bond donors (Lipinski definition) is 1. The van der Waals surface area contributed by atoms with Crippen molar-refractivity contribution in [3.8, 4) is 0 Å². The van der Waals surface area contributed by atoms with Crippen LogP contribution in [-0.4, -0.2) is 23.4 Å². The second kappa shape index (κ2) is 7.89. The Morgan fingerprint density at radius 1 is 1.63 bits per heavy atom. The van der Waals surface area contributed by atoms with Crippen LogP contribution in [0.5, 0.6) is 0 Å². The van der Waals surface area contributed by atoms with Gasteiger partial charge in [-0.1, -0.05) is 25.9 Å². The lowest BCUT2D eigenvalue weighted by atomic mass is 9.99. The Balaban J connectivity index is 2.70. The van der Waals surface area contributed by atoms with Gasteiger partial charge < -0.3 is 5.32 Å². The van der Waals surface area contributed by atoms with Crippen molar-refractivity contribution in [3.05, 3.63) is 26.5 Å². The molecule has 0 saturated heterocycles. The second-order valence-electron chi connectivity index (χ2n) is 4.49. The summed E-state index contributed by atoms with van der Waals surface area (Å²) in [6.07, 6.45) is 0.589. The fraction of sp³-hybridized carbons (Fsp3) is 0.667. The summed E-state index contributed by atoms with van der Waals surface area (Å²) in [5.41, 5.74) is 9.02. The normalized spacial score (nSPS) is 12.2. The molecule has 0 aliphatic heterocycles. The molecule has 0 aromatic carbocycles. The van der Waals surface area contributed by atoms with Crippen LogP contribution >= 0.6 is 11.3 Å². The highest BCUT2D eigenvalue weighted by molar-refractivity contribution is 7.09. The fourth-order valence-electron chi connectivity index (χ4n) is 1.72. The first-order chi connectivity index (χ1) is 9.08. The third-order valence-electron chi connectivity index (χ3n) is 2.64. The minimum atomic E-state index is -0.191. The molecular formula is C12H19N5OS. The maximum Gasteiger partial charge on any atom is 0.152 e. The Bertz CT molecular complexity index is 464. The standard InChI is InChI=1S/C12H19N5OS/c1-4-14-10(12(18)8(2)3)5-11-16-9(7-19-11)6-15-17-13/h7-8,10,14H,4-6H2,1-3H3/t10-/m0/s1. The van der Waals surface area contributed by atoms with E-state index in [1.165, 1.54) is 11.3 Å². The van der Waals surface area contributed by atoms with E-state index in [9.17, 15) is 4.79 Å². The Kier molecular flexibility index (Phi) is 6.49. The lowest BCUT2D eigenvalue weighted by molar-refractivity contribution is -0.123. The molecule has 1 heterocycles. The average molecular weight is 281 g/mol. The number of carbonyl (C=O) groups is 1. The molecule has 0 amide bonds. The Labute approximate surface area is 116 Å². The maximum atomic E-state index is 12.1. The van der Waals surface area contributed by atoms with Crippen LogP contribution in [0.25, 0.3) is 10.4 Å². The van der Waals surface area contributed by atoms with E-state index in [0.717, 1.165) is 17.2 Å². The molecule has 19 heavy (non-hydrogen) atoms. The molecule has 104 valence electrons. The summed E-state index contributed by atoms with van der Waals surface area (Å²) >= 11 is 1.50. The van der Waals surface area contributed by atoms with Gasteiger partial charge in [-0.3, -0.25) is 4.79 Å². The predicted molar refractivity (Wildman–Crippen MR) is 76.0 cm³/mol. The van der Waals surface area contributed by atoms with Crippen molar-refractivity contribution in [2.24, 2.45) is 11.0 Å². The number of likely N-dealkylation sites (N-methyl/N-ethyl adjacent to an activating group) is 1. The molecule has 0 spiro atoms. The number of rotatable bonds is 8. The summed E-state index contributed by atoms with van der Waals surface area (Å²) in [6, 6.07) is -0.191. The van der Waals surface area contributed by atoms with Gasteiger partial charge in [-0.25, -0.2) is 4.98 Å². The number of azide groups is 1. The quantitative estimate of drug-likeness (QED) is 0.451. The zero-order chi connectivity index (χ0) is 14.3. The SMILES string of the molecule is CCN[C@@H](Cc1nc(CN=[N+]=[N-])cs1)C(=O)C(C)C. The zero-order valence-electron chi connectivity index (χ0n) is 11.5. The summed E-state index contributed by atoms with van der Waals surface area (Å²) in [5, 5.41) is 9.44. The third kappa shape index (κ3) is 4.98. The Morgan fingerprint density at radius 2 is 2.37 bits per heavy atom. The van der Waals surface area contributed by atoms with Gasteiger partial charge in [0.25, 0.3) is 0 Å². The highest BCUT2D eigenvalue weighted by Crippen LogP contribution is 2.14. The number of carbonyl (C=O) groups excluding carboxylic acids is 1. The van der Waals surface area contributed by atoms with Gasteiger partial charge >= 0.3 is 0 Å². The summed E-state index contributed by atoms with van der Waals surface area (Å²) < 4.78 is 0. The predicted octanol–water partition coefficient (Wildman–Crippen LogP) is 2.70. The van der Waals surface area contributed by atoms with Crippen LogP contribution in [0.4, 0.5) is 0 Å². The molecule has 7 heteroatoms. The number of nitrogens with zero attached hydrogens (tertiary/aromatic N) is 4. The number of nitrogens with one attached hydrogen (secondary N) is 1. The first-order valence-corrected chi connectivity index (χ1v) is 7.17. The van der Waals surface area contributed by atoms with Crippen LogP contribution in [0, 0.1) is 5.92 Å². The Morgan fingerprint density at radius 3 is 2.95 bits per heavy atom. The van der Waals surface area contributed by atoms with E-state index in [0.29, 0.717) is 6.42 Å². The van der Waals surface area contributed by atoms with E-state index in [4.69, 9.17) is 5.53 Å². The fourth-order valence-corrected chi connectivity index (χ4v) is 2.55. The lowest BCUT2D eigenvalue weighted by Crippen LogP contribution is -2.40. The van der Waals surface area contributed by atoms with Crippen molar-refractivity contribution in [1.82, 2.24) is 10.3 Å². The molecule has 0 fully saturated rings. The van der Waals surface area contributed by atoms with E-state index in [2.05, 4.69) is 20.3 Å². The van der Waals surface area contributed by atoms with Gasteiger partial charge in [0.05, 0.1) is 23.3 Å². The molecule has 0 unspecified atom stereocenters. The number of ketones is 1. The van der Waals surface area contributed by atoms with E-state index < -0.39 is 0 Å². The molecule has 0 aliphatic carbocycles. The smallest absolute Gasteiger partial charge is 0.152 e. The number of thiazole rings is 1. The minimum absolute atomic E-state index is 0.00618. The van der Waals surface area contributed by atoms with Crippen LogP contribution < -0.4 is 5.32 Å². The van der Waals surface area contributed by atoms with Crippen LogP contribution in [-0.2, 0) is 17.8 Å². The van der Waals surface area contributed by atoms with Crippen LogP contribution in [0.2, 0.25) is 0 Å². The average Bonchev–Trinajstić information content (AvgIpc) is 2.82. The van der Waals surface area contributed by atoms with Gasteiger partial charge in [0, 0.05) is 22.6 Å². The van der Waals surface area contributed by atoms with Gasteiger partial charge in [0.2, 0.25) is 0 Å². The first-order valence-electron chi connectivity index (χ1n) is 6.29. The minimum Gasteiger partial charge on any atom is -0.307 e. The third-order valence-corrected chi connectivity index (χ3v) is 3.56. The summed E-state index contributed by atoms with van der Waals surface area (Å²) in [5.74, 6) is 0.209. The topological polar surface area (TPSA) is 90.8 Å². The largest absolute Gasteiger partial charge is 0.307 e. The van der Waals surface area contributed by atoms with Crippen molar-refractivity contribution in [2.45, 2.75) is 39.8 Å². The molecule has 0 bridgehead atoms. The molecule has 6 nitrogen and oxygen atoms in total. The number of Topliss-reactive ketones (excluding diaryl/α,β-unsaturated/α-hetero) is 1.